The zero-order valence-corrected chi connectivity index (χ0v) is 19.5. The highest BCUT2D eigenvalue weighted by atomic mass is 16.5. The van der Waals surface area contributed by atoms with E-state index in [1.165, 1.54) is 12.1 Å². The van der Waals surface area contributed by atoms with Crippen LogP contribution in [0, 0.1) is 0 Å². The standard InChI is InChI=1S/C26H30N2O6/c1-3-4-9-23(30)33-17-10-11-18-22(14-17)34-21(8-6-5-7-15(2)29)24(18)25(31)16-12-19(27)26(32)20(28)13-16/h10-14,32H,3-9,27-28H2,1-2H3. The van der Waals surface area contributed by atoms with Crippen LogP contribution in [0.25, 0.3) is 11.0 Å². The molecule has 0 bridgehead atoms. The van der Waals surface area contributed by atoms with Crippen LogP contribution < -0.4 is 16.2 Å². The third-order valence-electron chi connectivity index (χ3n) is 5.54. The van der Waals surface area contributed by atoms with E-state index in [1.54, 1.807) is 25.1 Å². The molecule has 8 nitrogen and oxygen atoms in total. The minimum atomic E-state index is -0.355. The van der Waals surface area contributed by atoms with Crippen molar-refractivity contribution in [3.05, 3.63) is 47.2 Å². The van der Waals surface area contributed by atoms with Crippen LogP contribution in [0.2, 0.25) is 0 Å². The van der Waals surface area contributed by atoms with E-state index < -0.39 is 0 Å². The number of unbranched alkanes of at least 4 members (excludes halogenated alkanes) is 2. The van der Waals surface area contributed by atoms with Crippen molar-refractivity contribution >= 4 is 39.9 Å². The SMILES string of the molecule is CCCCC(=O)Oc1ccc2c(C(=O)c3cc(N)c(O)c(N)c3)c(CCCCC(C)=O)oc2c1. The van der Waals surface area contributed by atoms with Crippen LogP contribution in [0.5, 0.6) is 11.5 Å². The van der Waals surface area contributed by atoms with Crippen LogP contribution in [0.15, 0.2) is 34.7 Å². The van der Waals surface area contributed by atoms with Crippen molar-refractivity contribution in [3.8, 4) is 11.5 Å². The number of ether oxygens (including phenoxy) is 1. The van der Waals surface area contributed by atoms with E-state index in [2.05, 4.69) is 0 Å². The molecular formula is C26H30N2O6. The van der Waals surface area contributed by atoms with Gasteiger partial charge in [0.15, 0.2) is 11.5 Å². The molecule has 34 heavy (non-hydrogen) atoms. The second kappa shape index (κ2) is 10.9. The number of aryl methyl sites for hydroxylation is 1. The summed E-state index contributed by atoms with van der Waals surface area (Å²) in [4.78, 5) is 36.8. The van der Waals surface area contributed by atoms with Gasteiger partial charge in [-0.2, -0.15) is 0 Å². The predicted octanol–water partition coefficient (Wildman–Crippen LogP) is 4.93. The Morgan fingerprint density at radius 3 is 2.35 bits per heavy atom. The first-order valence-corrected chi connectivity index (χ1v) is 11.4. The molecule has 0 amide bonds. The van der Waals surface area contributed by atoms with E-state index in [-0.39, 0.29) is 40.2 Å². The number of hydrogen-bond acceptors (Lipinski definition) is 8. The number of esters is 1. The highest BCUT2D eigenvalue weighted by Gasteiger charge is 2.24. The van der Waals surface area contributed by atoms with Gasteiger partial charge in [0, 0.05) is 36.3 Å². The smallest absolute Gasteiger partial charge is 0.311 e. The Morgan fingerprint density at radius 2 is 1.71 bits per heavy atom. The molecule has 0 radical (unpaired) electrons. The third kappa shape index (κ3) is 5.75. The van der Waals surface area contributed by atoms with Gasteiger partial charge >= 0.3 is 5.97 Å². The number of benzene rings is 2. The van der Waals surface area contributed by atoms with Crippen molar-refractivity contribution in [2.45, 2.75) is 58.8 Å². The summed E-state index contributed by atoms with van der Waals surface area (Å²) in [7, 11) is 0. The number of nitrogen functional groups attached to an aromatic ring is 2. The number of phenols is 1. The summed E-state index contributed by atoms with van der Waals surface area (Å²) in [5.41, 5.74) is 12.6. The zero-order chi connectivity index (χ0) is 24.8. The highest BCUT2D eigenvalue weighted by molar-refractivity contribution is 6.17. The third-order valence-corrected chi connectivity index (χ3v) is 5.54. The van der Waals surface area contributed by atoms with Crippen molar-refractivity contribution < 1.29 is 28.6 Å². The topological polar surface area (TPSA) is 146 Å². The predicted molar refractivity (Wildman–Crippen MR) is 130 cm³/mol. The van der Waals surface area contributed by atoms with E-state index >= 15 is 0 Å². The lowest BCUT2D eigenvalue weighted by atomic mass is 9.97. The maximum Gasteiger partial charge on any atom is 0.311 e. The lowest BCUT2D eigenvalue weighted by Gasteiger charge is -2.08. The maximum atomic E-state index is 13.5. The summed E-state index contributed by atoms with van der Waals surface area (Å²) in [6, 6.07) is 7.64. The zero-order valence-electron chi connectivity index (χ0n) is 19.5. The summed E-state index contributed by atoms with van der Waals surface area (Å²) < 4.78 is 11.4. The fraction of sp³-hybridized carbons (Fsp3) is 0.346. The van der Waals surface area contributed by atoms with Gasteiger partial charge in [-0.1, -0.05) is 13.3 Å². The Morgan fingerprint density at radius 1 is 1.00 bits per heavy atom. The minimum Gasteiger partial charge on any atom is -0.504 e. The molecule has 3 rings (SSSR count). The number of fused-ring (bicyclic) bond motifs is 1. The van der Waals surface area contributed by atoms with Crippen molar-refractivity contribution in [2.24, 2.45) is 0 Å². The molecule has 2 aromatic carbocycles. The average molecular weight is 467 g/mol. The molecular weight excluding hydrogens is 436 g/mol. The summed E-state index contributed by atoms with van der Waals surface area (Å²) in [5, 5.41) is 10.4. The number of nitrogens with two attached hydrogens (primary N) is 2. The lowest BCUT2D eigenvalue weighted by molar-refractivity contribution is -0.134. The van der Waals surface area contributed by atoms with Crippen LogP contribution >= 0.6 is 0 Å². The number of phenolic OH excluding ortho intramolecular Hbond substituents is 1. The molecule has 0 fully saturated rings. The molecule has 180 valence electrons. The molecule has 0 aliphatic heterocycles. The van der Waals surface area contributed by atoms with E-state index in [9.17, 15) is 19.5 Å². The van der Waals surface area contributed by atoms with Crippen LogP contribution in [-0.4, -0.2) is 22.6 Å². The van der Waals surface area contributed by atoms with Gasteiger partial charge in [-0.25, -0.2) is 0 Å². The summed E-state index contributed by atoms with van der Waals surface area (Å²) in [6.07, 6.45) is 4.16. The molecule has 0 spiro atoms. The first-order valence-electron chi connectivity index (χ1n) is 11.4. The number of anilines is 2. The first-order chi connectivity index (χ1) is 16.2. The van der Waals surface area contributed by atoms with E-state index in [0.29, 0.717) is 60.1 Å². The normalized spacial score (nSPS) is 11.0. The van der Waals surface area contributed by atoms with Crippen molar-refractivity contribution in [3.63, 3.8) is 0 Å². The van der Waals surface area contributed by atoms with Gasteiger partial charge in [0.25, 0.3) is 0 Å². The van der Waals surface area contributed by atoms with Gasteiger partial charge in [-0.15, -0.1) is 0 Å². The molecule has 8 heteroatoms. The second-order valence-corrected chi connectivity index (χ2v) is 8.38. The molecule has 0 aliphatic carbocycles. The van der Waals surface area contributed by atoms with Crippen molar-refractivity contribution in [1.82, 2.24) is 0 Å². The highest BCUT2D eigenvalue weighted by Crippen LogP contribution is 2.35. The number of ketones is 2. The molecule has 0 saturated carbocycles. The Kier molecular flexibility index (Phi) is 7.94. The first kappa shape index (κ1) is 24.8. The van der Waals surface area contributed by atoms with E-state index in [4.69, 9.17) is 20.6 Å². The summed E-state index contributed by atoms with van der Waals surface area (Å²) in [6.45, 7) is 3.53. The monoisotopic (exact) mass is 466 g/mol. The van der Waals surface area contributed by atoms with Gasteiger partial charge in [0.05, 0.1) is 16.9 Å². The van der Waals surface area contributed by atoms with Gasteiger partial charge in [-0.3, -0.25) is 9.59 Å². The number of rotatable bonds is 11. The number of aromatic hydroxyl groups is 1. The van der Waals surface area contributed by atoms with Crippen LogP contribution in [-0.2, 0) is 16.0 Å². The van der Waals surface area contributed by atoms with Crippen LogP contribution in [0.1, 0.15) is 74.1 Å². The molecule has 0 saturated heterocycles. The summed E-state index contributed by atoms with van der Waals surface area (Å²) >= 11 is 0. The van der Waals surface area contributed by atoms with Crippen LogP contribution in [0.3, 0.4) is 0 Å². The Hall–Kier alpha value is -3.81. The fourth-order valence-electron chi connectivity index (χ4n) is 3.73. The number of carbonyl (C=O) groups is 3. The average Bonchev–Trinajstić information content (AvgIpc) is 3.15. The van der Waals surface area contributed by atoms with Crippen LogP contribution in [0.4, 0.5) is 11.4 Å². The number of Topliss-reactive ketones (excluding diaryl/α,β-unsaturated/α-hetero) is 1. The maximum absolute atomic E-state index is 13.5. The van der Waals surface area contributed by atoms with Crippen molar-refractivity contribution in [1.29, 1.82) is 0 Å². The van der Waals surface area contributed by atoms with E-state index in [1.807, 2.05) is 6.92 Å². The summed E-state index contributed by atoms with van der Waals surface area (Å²) in [5.74, 6) is -0.0566. The molecule has 1 heterocycles. The molecule has 1 aromatic heterocycles. The molecule has 5 N–H and O–H groups in total. The number of hydrogen-bond donors (Lipinski definition) is 3. The van der Waals surface area contributed by atoms with Gasteiger partial charge in [-0.05, 0) is 50.5 Å². The fourth-order valence-corrected chi connectivity index (χ4v) is 3.73. The van der Waals surface area contributed by atoms with Gasteiger partial charge in [0.1, 0.15) is 22.9 Å². The quantitative estimate of drug-likeness (QED) is 0.0900. The second-order valence-electron chi connectivity index (χ2n) is 8.38. The molecule has 0 aliphatic rings. The number of carbonyl (C=O) groups excluding carboxylic acids is 3. The Balaban J connectivity index is 1.98. The molecule has 3 aromatic rings. The van der Waals surface area contributed by atoms with Crippen molar-refractivity contribution in [2.75, 3.05) is 11.5 Å². The van der Waals surface area contributed by atoms with Gasteiger partial charge in [0.2, 0.25) is 0 Å². The number of furan rings is 1. The molecule has 0 unspecified atom stereocenters. The minimum absolute atomic E-state index is 0.000404. The molecule has 0 atom stereocenters. The Labute approximate surface area is 197 Å². The van der Waals surface area contributed by atoms with E-state index in [0.717, 1.165) is 12.8 Å². The largest absolute Gasteiger partial charge is 0.504 e. The Bertz CT molecular complexity index is 1200. The lowest BCUT2D eigenvalue weighted by Crippen LogP contribution is -2.07. The van der Waals surface area contributed by atoms with Gasteiger partial charge < -0.3 is 30.5 Å².